The van der Waals surface area contributed by atoms with Crippen LogP contribution in [0, 0.1) is 5.92 Å². The van der Waals surface area contributed by atoms with Gasteiger partial charge in [-0.15, -0.1) is 0 Å². The Labute approximate surface area is 152 Å². The third kappa shape index (κ3) is 4.10. The fourth-order valence-corrected chi connectivity index (χ4v) is 3.48. The van der Waals surface area contributed by atoms with E-state index in [9.17, 15) is 0 Å². The zero-order valence-electron chi connectivity index (χ0n) is 16.6. The topological polar surface area (TPSA) is 40.6 Å². The maximum Gasteiger partial charge on any atom is 0.494 e. The van der Waals surface area contributed by atoms with Crippen LogP contribution in [0.4, 0.5) is 0 Å². The number of aromatic nitrogens is 1. The van der Waals surface area contributed by atoms with Gasteiger partial charge in [0.15, 0.2) is 0 Å². The Kier molecular flexibility index (Phi) is 5.29. The van der Waals surface area contributed by atoms with Crippen LogP contribution in [0.2, 0.25) is 0 Å². The first kappa shape index (κ1) is 18.9. The van der Waals surface area contributed by atoms with Crippen molar-refractivity contribution in [3.05, 3.63) is 23.5 Å². The lowest BCUT2D eigenvalue weighted by Crippen LogP contribution is -2.41. The molecule has 0 bridgehead atoms. The molecule has 2 aliphatic rings. The van der Waals surface area contributed by atoms with Gasteiger partial charge in [-0.2, -0.15) is 0 Å². The average molecular weight is 345 g/mol. The van der Waals surface area contributed by atoms with Crippen molar-refractivity contribution in [2.75, 3.05) is 13.2 Å². The third-order valence-corrected chi connectivity index (χ3v) is 5.70. The predicted octanol–water partition coefficient (Wildman–Crippen LogP) is 3.47. The number of pyridine rings is 1. The molecule has 2 fully saturated rings. The highest BCUT2D eigenvalue weighted by atomic mass is 16.7. The SMILES string of the molecule is CC(C)Cc1cc(B2OC(C)(C)C(C)(C)O2)cc(C2CCOCC2)n1. The summed E-state index contributed by atoms with van der Waals surface area (Å²) in [5, 5.41) is 0. The summed E-state index contributed by atoms with van der Waals surface area (Å²) in [5.74, 6) is 1.05. The van der Waals surface area contributed by atoms with Crippen LogP contribution in [0.5, 0.6) is 0 Å². The van der Waals surface area contributed by atoms with Crippen LogP contribution in [0.3, 0.4) is 0 Å². The lowest BCUT2D eigenvalue weighted by molar-refractivity contribution is 0.00578. The van der Waals surface area contributed by atoms with Gasteiger partial charge in [0.25, 0.3) is 0 Å². The molecule has 0 spiro atoms. The highest BCUT2D eigenvalue weighted by molar-refractivity contribution is 6.62. The summed E-state index contributed by atoms with van der Waals surface area (Å²) in [5.41, 5.74) is 2.77. The van der Waals surface area contributed by atoms with Gasteiger partial charge >= 0.3 is 7.12 Å². The van der Waals surface area contributed by atoms with E-state index >= 15 is 0 Å². The maximum absolute atomic E-state index is 6.28. The van der Waals surface area contributed by atoms with E-state index in [4.69, 9.17) is 19.0 Å². The molecule has 0 aliphatic carbocycles. The van der Waals surface area contributed by atoms with Gasteiger partial charge in [-0.1, -0.05) is 13.8 Å². The molecule has 25 heavy (non-hydrogen) atoms. The summed E-state index contributed by atoms with van der Waals surface area (Å²) in [6.07, 6.45) is 3.06. The molecule has 1 aromatic rings. The van der Waals surface area contributed by atoms with Crippen molar-refractivity contribution in [3.63, 3.8) is 0 Å². The second-order valence-corrected chi connectivity index (χ2v) is 8.89. The minimum atomic E-state index is -0.322. The molecular formula is C20H32BNO3. The largest absolute Gasteiger partial charge is 0.494 e. The van der Waals surface area contributed by atoms with Gasteiger partial charge in [-0.3, -0.25) is 4.98 Å². The minimum Gasteiger partial charge on any atom is -0.399 e. The zero-order valence-corrected chi connectivity index (χ0v) is 16.6. The highest BCUT2D eigenvalue weighted by Crippen LogP contribution is 2.37. The Morgan fingerprint density at radius 3 is 2.24 bits per heavy atom. The van der Waals surface area contributed by atoms with E-state index in [0.717, 1.165) is 43.6 Å². The van der Waals surface area contributed by atoms with Gasteiger partial charge in [0.05, 0.1) is 11.2 Å². The first-order valence-electron chi connectivity index (χ1n) is 9.62. The van der Waals surface area contributed by atoms with Gasteiger partial charge < -0.3 is 14.0 Å². The van der Waals surface area contributed by atoms with Crippen molar-refractivity contribution >= 4 is 12.6 Å². The highest BCUT2D eigenvalue weighted by Gasteiger charge is 2.51. The van der Waals surface area contributed by atoms with Crippen LogP contribution >= 0.6 is 0 Å². The Morgan fingerprint density at radius 1 is 1.08 bits per heavy atom. The van der Waals surface area contributed by atoms with Crippen molar-refractivity contribution in [2.24, 2.45) is 5.92 Å². The van der Waals surface area contributed by atoms with Crippen LogP contribution in [-0.2, 0) is 20.5 Å². The summed E-state index contributed by atoms with van der Waals surface area (Å²) >= 11 is 0. The molecule has 3 rings (SSSR count). The number of nitrogens with zero attached hydrogens (tertiary/aromatic N) is 1. The average Bonchev–Trinajstić information content (AvgIpc) is 2.75. The summed E-state index contributed by atoms with van der Waals surface area (Å²) < 4.78 is 18.1. The summed E-state index contributed by atoms with van der Waals surface area (Å²) in [4.78, 5) is 4.97. The molecule has 0 aromatic carbocycles. The maximum atomic E-state index is 6.28. The lowest BCUT2D eigenvalue weighted by Gasteiger charge is -2.32. The van der Waals surface area contributed by atoms with Crippen LogP contribution in [0.15, 0.2) is 12.1 Å². The van der Waals surface area contributed by atoms with Crippen LogP contribution in [0.1, 0.15) is 71.7 Å². The number of ether oxygens (including phenoxy) is 1. The smallest absolute Gasteiger partial charge is 0.399 e. The molecule has 2 aliphatic heterocycles. The van der Waals surface area contributed by atoms with E-state index in [-0.39, 0.29) is 18.3 Å². The molecule has 0 atom stereocenters. The summed E-state index contributed by atoms with van der Waals surface area (Å²) in [6, 6.07) is 4.37. The van der Waals surface area contributed by atoms with E-state index in [1.165, 1.54) is 5.69 Å². The molecular weight excluding hydrogens is 313 g/mol. The van der Waals surface area contributed by atoms with Gasteiger partial charge in [0.1, 0.15) is 0 Å². The molecule has 0 N–H and O–H groups in total. The summed E-state index contributed by atoms with van der Waals surface area (Å²) in [7, 11) is -0.322. The third-order valence-electron chi connectivity index (χ3n) is 5.70. The molecule has 3 heterocycles. The monoisotopic (exact) mass is 345 g/mol. The molecule has 0 radical (unpaired) electrons. The molecule has 0 unspecified atom stereocenters. The Balaban J connectivity index is 1.92. The standard InChI is InChI=1S/C20H32BNO3/c1-14(2)11-17-12-16(21-24-19(3,4)20(5,6)25-21)13-18(22-17)15-7-9-23-10-8-15/h12-15H,7-11H2,1-6H3. The second-order valence-electron chi connectivity index (χ2n) is 8.89. The number of hydrogen-bond donors (Lipinski definition) is 0. The molecule has 2 saturated heterocycles. The summed E-state index contributed by atoms with van der Waals surface area (Å²) in [6.45, 7) is 14.5. The Morgan fingerprint density at radius 2 is 1.68 bits per heavy atom. The first-order valence-corrected chi connectivity index (χ1v) is 9.62. The van der Waals surface area contributed by atoms with E-state index in [2.05, 4.69) is 53.7 Å². The number of hydrogen-bond acceptors (Lipinski definition) is 4. The fourth-order valence-electron chi connectivity index (χ4n) is 3.48. The second kappa shape index (κ2) is 7.01. The van der Waals surface area contributed by atoms with Gasteiger partial charge in [0.2, 0.25) is 0 Å². The molecule has 1 aromatic heterocycles. The molecule has 4 nitrogen and oxygen atoms in total. The number of rotatable bonds is 4. The Hall–Kier alpha value is -0.905. The minimum absolute atomic E-state index is 0.321. The van der Waals surface area contributed by atoms with Crippen molar-refractivity contribution in [1.82, 2.24) is 4.98 Å². The molecule has 0 saturated carbocycles. The van der Waals surface area contributed by atoms with E-state index in [1.807, 2.05) is 0 Å². The van der Waals surface area contributed by atoms with Crippen molar-refractivity contribution in [1.29, 1.82) is 0 Å². The first-order chi connectivity index (χ1) is 11.7. The van der Waals surface area contributed by atoms with Crippen LogP contribution in [0.25, 0.3) is 0 Å². The zero-order chi connectivity index (χ0) is 18.2. The van der Waals surface area contributed by atoms with E-state index in [1.54, 1.807) is 0 Å². The predicted molar refractivity (Wildman–Crippen MR) is 101 cm³/mol. The van der Waals surface area contributed by atoms with Crippen LogP contribution in [-0.4, -0.2) is 36.5 Å². The molecule has 0 amide bonds. The molecule has 5 heteroatoms. The quantitative estimate of drug-likeness (QED) is 0.784. The van der Waals surface area contributed by atoms with E-state index < -0.39 is 0 Å². The normalized spacial score (nSPS) is 23.4. The van der Waals surface area contributed by atoms with Crippen LogP contribution < -0.4 is 5.46 Å². The lowest BCUT2D eigenvalue weighted by atomic mass is 9.77. The van der Waals surface area contributed by atoms with Gasteiger partial charge in [0, 0.05) is 30.5 Å². The molecule has 138 valence electrons. The van der Waals surface area contributed by atoms with Crippen molar-refractivity contribution in [2.45, 2.75) is 77.9 Å². The van der Waals surface area contributed by atoms with E-state index in [0.29, 0.717) is 11.8 Å². The fraction of sp³-hybridized carbons (Fsp3) is 0.750. The van der Waals surface area contributed by atoms with Crippen molar-refractivity contribution < 1.29 is 14.0 Å². The van der Waals surface area contributed by atoms with Gasteiger partial charge in [-0.05, 0) is 70.5 Å². The van der Waals surface area contributed by atoms with Crippen molar-refractivity contribution in [3.8, 4) is 0 Å². The Bertz CT molecular complexity index is 593. The van der Waals surface area contributed by atoms with Gasteiger partial charge in [-0.25, -0.2) is 0 Å².